The van der Waals surface area contributed by atoms with Gasteiger partial charge in [-0.25, -0.2) is 9.59 Å². The molecule has 3 N–H and O–H groups in total. The smallest absolute Gasteiger partial charge is 0.412 e. The summed E-state index contributed by atoms with van der Waals surface area (Å²) in [7, 11) is 0. The molecule has 6 rings (SSSR count). The molecule has 3 aromatic carbocycles. The molecule has 1 heterocycles. The highest BCUT2D eigenvalue weighted by Gasteiger charge is 2.66. The highest BCUT2D eigenvalue weighted by Crippen LogP contribution is 2.62. The van der Waals surface area contributed by atoms with Crippen LogP contribution in [-0.4, -0.2) is 83.4 Å². The summed E-state index contributed by atoms with van der Waals surface area (Å²) in [6, 6.07) is 19.0. The molecule has 12 nitrogen and oxygen atoms in total. The van der Waals surface area contributed by atoms with E-state index >= 15 is 0 Å². The van der Waals surface area contributed by atoms with Gasteiger partial charge in [-0.1, -0.05) is 143 Å². The Balaban J connectivity index is 1.45. The van der Waals surface area contributed by atoms with Crippen molar-refractivity contribution in [1.29, 1.82) is 0 Å². The van der Waals surface area contributed by atoms with Crippen LogP contribution in [0.25, 0.3) is 10.8 Å². The third-order valence-corrected chi connectivity index (χ3v) is 14.5. The fourth-order valence-electron chi connectivity index (χ4n) is 11.1. The standard InChI is InChI=1S/C60H85N3O9/c1-7-10-12-13-14-15-16-17-18-23-35-61-57(66)70-47-33-34-53-51(41-47)55-49(32-22-25-37-65)45(28-21-24-36-64)40-50-52(62-72-59(4,5)6)42-54(60(71-53,56(50)55)69-38-9-3)63(58(67)68-39-11-8-2)43-46-30-26-29-44-27-19-20-31-48(44)46/h8-9,19-20,26-27,29-31,33-34,40-41,45,49,54-56,64-65H,2-3,7,10-18,21-25,28,32,35-39,42-43H2,1,4-6H3,(H,61,66). The summed E-state index contributed by atoms with van der Waals surface area (Å²) in [6.07, 6.45) is 21.9. The lowest BCUT2D eigenvalue weighted by atomic mass is 9.55. The van der Waals surface area contributed by atoms with E-state index in [1.165, 1.54) is 44.9 Å². The Kier molecular flexibility index (Phi) is 22.1. The Morgan fingerprint density at radius 2 is 1.58 bits per heavy atom. The molecule has 1 fully saturated rings. The molecule has 1 aliphatic heterocycles. The molecule has 6 unspecified atom stereocenters. The maximum atomic E-state index is 15.0. The van der Waals surface area contributed by atoms with Crippen molar-refractivity contribution in [1.82, 2.24) is 10.2 Å². The zero-order valence-electron chi connectivity index (χ0n) is 43.9. The number of hydrogen-bond acceptors (Lipinski definition) is 10. The van der Waals surface area contributed by atoms with E-state index in [0.717, 1.165) is 72.4 Å². The van der Waals surface area contributed by atoms with Crippen molar-refractivity contribution in [3.05, 3.63) is 109 Å². The first-order valence-corrected chi connectivity index (χ1v) is 27.2. The lowest BCUT2D eigenvalue weighted by Crippen LogP contribution is -2.70. The molecule has 2 aliphatic carbocycles. The molecule has 2 amide bonds. The third-order valence-electron chi connectivity index (χ3n) is 14.5. The van der Waals surface area contributed by atoms with E-state index in [0.29, 0.717) is 43.0 Å². The summed E-state index contributed by atoms with van der Waals surface area (Å²) in [4.78, 5) is 36.5. The van der Waals surface area contributed by atoms with Crippen molar-refractivity contribution in [3.8, 4) is 11.5 Å². The summed E-state index contributed by atoms with van der Waals surface area (Å²) in [6.45, 7) is 17.2. The average molecular weight is 992 g/mol. The molecule has 0 spiro atoms. The number of fused-ring (bicyclic) bond motifs is 3. The van der Waals surface area contributed by atoms with Gasteiger partial charge in [-0.05, 0) is 111 Å². The molecular formula is C60H85N3O9. The molecule has 3 aromatic rings. The van der Waals surface area contributed by atoms with E-state index in [-0.39, 0.29) is 57.1 Å². The lowest BCUT2D eigenvalue weighted by molar-refractivity contribution is -0.256. The Labute approximate surface area is 430 Å². The first-order valence-electron chi connectivity index (χ1n) is 27.2. The van der Waals surface area contributed by atoms with Gasteiger partial charge >= 0.3 is 12.2 Å². The topological polar surface area (TPSA) is 148 Å². The number of nitrogens with one attached hydrogen (secondary N) is 1. The molecule has 6 atom stereocenters. The Morgan fingerprint density at radius 1 is 0.875 bits per heavy atom. The second kappa shape index (κ2) is 28.3. The SMILES string of the molecule is C=CCCOC(=O)N(Cc1cccc2ccccc12)C1CC(=NOC(C)(C)C)C2=CC(CCCCO)C(CCCCO)C3c4cc(OC(=O)NCCCCCCCCCCCC)ccc4OC1(OCC=C)C23. The Morgan fingerprint density at radius 3 is 2.29 bits per heavy atom. The minimum absolute atomic E-state index is 0.0200. The van der Waals surface area contributed by atoms with Gasteiger partial charge < -0.3 is 39.3 Å². The first kappa shape index (κ1) is 56.1. The molecule has 3 aliphatic rings. The van der Waals surface area contributed by atoms with Crippen LogP contribution in [0.3, 0.4) is 0 Å². The number of rotatable bonds is 30. The van der Waals surface area contributed by atoms with Crippen LogP contribution in [0.5, 0.6) is 11.5 Å². The number of benzene rings is 3. The van der Waals surface area contributed by atoms with Gasteiger partial charge in [0.15, 0.2) is 0 Å². The summed E-state index contributed by atoms with van der Waals surface area (Å²) >= 11 is 0. The van der Waals surface area contributed by atoms with Crippen LogP contribution >= 0.6 is 0 Å². The number of ether oxygens (including phenoxy) is 4. The van der Waals surface area contributed by atoms with Crippen LogP contribution in [0.4, 0.5) is 9.59 Å². The quantitative estimate of drug-likeness (QED) is 0.0337. The van der Waals surface area contributed by atoms with Crippen LogP contribution in [0.1, 0.15) is 160 Å². The van der Waals surface area contributed by atoms with Gasteiger partial charge in [0.1, 0.15) is 23.1 Å². The minimum Gasteiger partial charge on any atom is -0.459 e. The van der Waals surface area contributed by atoms with Crippen LogP contribution in [0, 0.1) is 17.8 Å². The minimum atomic E-state index is -1.51. The second-order valence-electron chi connectivity index (χ2n) is 20.9. The van der Waals surface area contributed by atoms with Crippen molar-refractivity contribution in [2.24, 2.45) is 22.9 Å². The number of nitrogens with zero attached hydrogens (tertiary/aromatic N) is 2. The Bertz CT molecular complexity index is 2260. The molecule has 0 saturated heterocycles. The predicted molar refractivity (Wildman–Crippen MR) is 287 cm³/mol. The molecular weight excluding hydrogens is 907 g/mol. The van der Waals surface area contributed by atoms with Crippen LogP contribution in [0.2, 0.25) is 0 Å². The van der Waals surface area contributed by atoms with Gasteiger partial charge in [0, 0.05) is 37.7 Å². The molecule has 394 valence electrons. The van der Waals surface area contributed by atoms with Crippen molar-refractivity contribution < 1.29 is 43.6 Å². The van der Waals surface area contributed by atoms with Crippen molar-refractivity contribution >= 4 is 28.7 Å². The highest BCUT2D eigenvalue weighted by atomic mass is 16.7. The number of unbranched alkanes of at least 4 members (excludes halogenated alkanes) is 11. The number of aliphatic hydroxyl groups excluding tert-OH is 2. The number of carbonyl (C=O) groups excluding carboxylic acids is 2. The van der Waals surface area contributed by atoms with Gasteiger partial charge in [0.2, 0.25) is 5.79 Å². The summed E-state index contributed by atoms with van der Waals surface area (Å²) in [5, 5.41) is 30.1. The van der Waals surface area contributed by atoms with Crippen molar-refractivity contribution in [2.75, 3.05) is 33.0 Å². The first-order chi connectivity index (χ1) is 35.0. The largest absolute Gasteiger partial charge is 0.459 e. The molecule has 0 aromatic heterocycles. The summed E-state index contributed by atoms with van der Waals surface area (Å²) in [5.74, 6) is -1.43. The van der Waals surface area contributed by atoms with E-state index in [2.05, 4.69) is 49.7 Å². The fourth-order valence-corrected chi connectivity index (χ4v) is 11.1. The van der Waals surface area contributed by atoms with E-state index in [9.17, 15) is 19.8 Å². The number of hydrogen-bond donors (Lipinski definition) is 3. The van der Waals surface area contributed by atoms with Gasteiger partial charge in [0.05, 0.1) is 31.4 Å². The number of oxime groups is 1. The van der Waals surface area contributed by atoms with Crippen LogP contribution in [-0.2, 0) is 20.9 Å². The van der Waals surface area contributed by atoms with Crippen LogP contribution in [0.15, 0.2) is 103 Å². The number of amides is 2. The third kappa shape index (κ3) is 15.0. The monoisotopic (exact) mass is 992 g/mol. The van der Waals surface area contributed by atoms with E-state index < -0.39 is 35.5 Å². The van der Waals surface area contributed by atoms with E-state index in [4.69, 9.17) is 28.9 Å². The molecule has 72 heavy (non-hydrogen) atoms. The number of carbonyl (C=O) groups is 2. The van der Waals surface area contributed by atoms with Crippen molar-refractivity contribution in [2.45, 2.75) is 173 Å². The van der Waals surface area contributed by atoms with Crippen LogP contribution < -0.4 is 14.8 Å². The van der Waals surface area contributed by atoms with Crippen molar-refractivity contribution in [3.63, 3.8) is 0 Å². The molecule has 0 bridgehead atoms. The Hall–Kier alpha value is -5.17. The predicted octanol–water partition coefficient (Wildman–Crippen LogP) is 13.5. The highest BCUT2D eigenvalue weighted by molar-refractivity contribution is 6.03. The normalized spacial score (nSPS) is 21.7. The zero-order chi connectivity index (χ0) is 51.4. The van der Waals surface area contributed by atoms with Gasteiger partial charge in [-0.3, -0.25) is 4.90 Å². The average Bonchev–Trinajstić information content (AvgIpc) is 3.37. The second-order valence-corrected chi connectivity index (χ2v) is 20.9. The molecule has 12 heteroatoms. The maximum Gasteiger partial charge on any atom is 0.412 e. The van der Waals surface area contributed by atoms with Gasteiger partial charge in [0.25, 0.3) is 0 Å². The number of aliphatic hydroxyl groups is 2. The fraction of sp³-hybridized carbons (Fsp3) is 0.583. The van der Waals surface area contributed by atoms with Gasteiger partial charge in [-0.15, -0.1) is 13.2 Å². The molecule has 1 saturated carbocycles. The number of allylic oxidation sites excluding steroid dienone is 1. The maximum absolute atomic E-state index is 15.0. The molecule has 0 radical (unpaired) electrons. The van der Waals surface area contributed by atoms with Gasteiger partial charge in [-0.2, -0.15) is 0 Å². The summed E-state index contributed by atoms with van der Waals surface area (Å²) < 4.78 is 26.8. The summed E-state index contributed by atoms with van der Waals surface area (Å²) in [5.41, 5.74) is 2.73. The zero-order valence-corrected chi connectivity index (χ0v) is 43.9. The van der Waals surface area contributed by atoms with E-state index in [1.54, 1.807) is 23.1 Å². The lowest BCUT2D eigenvalue weighted by Gasteiger charge is -2.60. The van der Waals surface area contributed by atoms with E-state index in [1.807, 2.05) is 57.2 Å².